The summed E-state index contributed by atoms with van der Waals surface area (Å²) < 4.78 is 5.62. The zero-order valence-electron chi connectivity index (χ0n) is 12.6. The average Bonchev–Trinajstić information content (AvgIpc) is 2.34. The normalized spacial score (nSPS) is 11.9. The summed E-state index contributed by atoms with van der Waals surface area (Å²) in [6, 6.07) is 3.45. The summed E-state index contributed by atoms with van der Waals surface area (Å²) in [6.07, 6.45) is 0.113. The number of ether oxygens (including phenoxy) is 1. The maximum absolute atomic E-state index is 11.4. The Morgan fingerprint density at radius 3 is 2.55 bits per heavy atom. The first-order chi connectivity index (χ1) is 9.36. The molecule has 1 rings (SSSR count). The fourth-order valence-electron chi connectivity index (χ4n) is 1.90. The number of benzene rings is 1. The van der Waals surface area contributed by atoms with Crippen molar-refractivity contribution in [2.24, 2.45) is 10.7 Å². The third-order valence-electron chi connectivity index (χ3n) is 2.88. The molecule has 0 aliphatic heterocycles. The minimum absolute atomic E-state index is 0.113. The number of nitrogens with two attached hydrogens (primary N) is 1. The van der Waals surface area contributed by atoms with Gasteiger partial charge in [-0.1, -0.05) is 11.5 Å². The van der Waals surface area contributed by atoms with E-state index in [9.17, 15) is 4.79 Å². The Morgan fingerprint density at radius 2 is 2.05 bits per heavy atom. The first-order valence-corrected chi connectivity index (χ1v) is 6.72. The molecule has 0 saturated heterocycles. The lowest BCUT2D eigenvalue weighted by molar-refractivity contribution is 0.100. The quantitative estimate of drug-likeness (QED) is 0.623. The van der Waals surface area contributed by atoms with Crippen LogP contribution >= 0.6 is 0 Å². The smallest absolute Gasteiger partial charge is 0.248 e. The van der Waals surface area contributed by atoms with Crippen molar-refractivity contribution < 1.29 is 9.53 Å². The average molecular weight is 272 g/mol. The molecule has 1 aromatic carbocycles. The Morgan fingerprint density at radius 1 is 1.40 bits per heavy atom. The number of hydrogen-bond acceptors (Lipinski definition) is 3. The van der Waals surface area contributed by atoms with Gasteiger partial charge >= 0.3 is 0 Å². The SMILES string of the molecule is [B]c1cc(C)c(C(COC(C)C)=NCC)cc1C(N)=O. The summed E-state index contributed by atoms with van der Waals surface area (Å²) in [7, 11) is 5.82. The molecule has 0 bridgehead atoms. The van der Waals surface area contributed by atoms with Crippen LogP contribution in [0.3, 0.4) is 0 Å². The van der Waals surface area contributed by atoms with Gasteiger partial charge in [0.05, 0.1) is 18.4 Å². The van der Waals surface area contributed by atoms with E-state index in [4.69, 9.17) is 18.3 Å². The molecule has 0 spiro atoms. The van der Waals surface area contributed by atoms with E-state index in [-0.39, 0.29) is 6.10 Å². The van der Waals surface area contributed by atoms with Crippen molar-refractivity contribution in [2.75, 3.05) is 13.2 Å². The van der Waals surface area contributed by atoms with Crippen LogP contribution in [0, 0.1) is 6.92 Å². The second kappa shape index (κ2) is 7.24. The fraction of sp³-hybridized carbons (Fsp3) is 0.467. The molecule has 5 heteroatoms. The van der Waals surface area contributed by atoms with Gasteiger partial charge in [-0.15, -0.1) is 0 Å². The predicted molar refractivity (Wildman–Crippen MR) is 83.3 cm³/mol. The zero-order valence-corrected chi connectivity index (χ0v) is 12.6. The molecule has 4 nitrogen and oxygen atoms in total. The zero-order chi connectivity index (χ0) is 15.3. The first-order valence-electron chi connectivity index (χ1n) is 6.72. The van der Waals surface area contributed by atoms with Crippen molar-refractivity contribution in [3.8, 4) is 0 Å². The molecule has 0 aliphatic carbocycles. The first kappa shape index (κ1) is 16.4. The van der Waals surface area contributed by atoms with Gasteiger partial charge in [-0.2, -0.15) is 0 Å². The van der Waals surface area contributed by atoms with Crippen LogP contribution in [-0.4, -0.2) is 38.7 Å². The Kier molecular flexibility index (Phi) is 5.95. The van der Waals surface area contributed by atoms with Gasteiger partial charge in [0.25, 0.3) is 0 Å². The number of aliphatic imine (C=N–C) groups is 1. The van der Waals surface area contributed by atoms with E-state index in [1.54, 1.807) is 12.1 Å². The van der Waals surface area contributed by atoms with Gasteiger partial charge in [0.1, 0.15) is 7.85 Å². The molecule has 2 N–H and O–H groups in total. The Labute approximate surface area is 121 Å². The molecule has 20 heavy (non-hydrogen) atoms. The standard InChI is InChI=1S/C15H21BN2O2/c1-5-18-14(8-20-9(2)3)11-7-12(15(17)19)13(16)6-10(11)4/h6-7,9H,5,8H2,1-4H3,(H2,17,19). The highest BCUT2D eigenvalue weighted by Crippen LogP contribution is 2.12. The second-order valence-electron chi connectivity index (χ2n) is 4.90. The van der Waals surface area contributed by atoms with Crippen molar-refractivity contribution in [2.45, 2.75) is 33.8 Å². The lowest BCUT2D eigenvalue weighted by Gasteiger charge is -2.15. The molecular weight excluding hydrogens is 251 g/mol. The van der Waals surface area contributed by atoms with Crippen LogP contribution in [0.4, 0.5) is 0 Å². The van der Waals surface area contributed by atoms with E-state index in [0.29, 0.717) is 24.2 Å². The Hall–Kier alpha value is -1.62. The maximum Gasteiger partial charge on any atom is 0.248 e. The van der Waals surface area contributed by atoms with Gasteiger partial charge in [-0.25, -0.2) is 0 Å². The molecule has 0 fully saturated rings. The van der Waals surface area contributed by atoms with E-state index < -0.39 is 5.91 Å². The van der Waals surface area contributed by atoms with Crippen LogP contribution in [0.15, 0.2) is 17.1 Å². The number of hydrogen-bond donors (Lipinski definition) is 1. The molecule has 0 heterocycles. The molecule has 0 atom stereocenters. The number of carbonyl (C=O) groups excluding carboxylic acids is 1. The minimum Gasteiger partial charge on any atom is -0.372 e. The van der Waals surface area contributed by atoms with Gasteiger partial charge in [0.2, 0.25) is 5.91 Å². The van der Waals surface area contributed by atoms with Crippen molar-refractivity contribution in [1.29, 1.82) is 0 Å². The summed E-state index contributed by atoms with van der Waals surface area (Å²) in [5.41, 5.74) is 8.66. The topological polar surface area (TPSA) is 64.7 Å². The molecule has 106 valence electrons. The Balaban J connectivity index is 3.22. The largest absolute Gasteiger partial charge is 0.372 e. The van der Waals surface area contributed by atoms with Gasteiger partial charge in [-0.3, -0.25) is 9.79 Å². The van der Waals surface area contributed by atoms with Crippen molar-refractivity contribution >= 4 is 24.9 Å². The highest BCUT2D eigenvalue weighted by molar-refractivity contribution is 6.36. The monoisotopic (exact) mass is 272 g/mol. The Bertz CT molecular complexity index is 525. The lowest BCUT2D eigenvalue weighted by atomic mass is 9.86. The van der Waals surface area contributed by atoms with Gasteiger partial charge in [-0.05, 0) is 39.3 Å². The van der Waals surface area contributed by atoms with E-state index in [0.717, 1.165) is 16.8 Å². The third kappa shape index (κ3) is 4.20. The van der Waals surface area contributed by atoms with Crippen LogP contribution in [0.5, 0.6) is 0 Å². The van der Waals surface area contributed by atoms with Crippen molar-refractivity contribution in [1.82, 2.24) is 0 Å². The molecule has 1 aromatic rings. The molecule has 1 amide bonds. The van der Waals surface area contributed by atoms with Crippen LogP contribution in [0.1, 0.15) is 42.3 Å². The van der Waals surface area contributed by atoms with Crippen molar-refractivity contribution in [3.05, 3.63) is 28.8 Å². The number of nitrogens with zero attached hydrogens (tertiary/aromatic N) is 1. The number of aryl methyl sites for hydroxylation is 1. The number of primary amides is 1. The number of carbonyl (C=O) groups is 1. The number of rotatable bonds is 6. The highest BCUT2D eigenvalue weighted by atomic mass is 16.5. The predicted octanol–water partition coefficient (Wildman–Crippen LogP) is 1.12. The van der Waals surface area contributed by atoms with Crippen LogP contribution in [0.25, 0.3) is 0 Å². The van der Waals surface area contributed by atoms with Crippen LogP contribution in [-0.2, 0) is 4.74 Å². The third-order valence-corrected chi connectivity index (χ3v) is 2.88. The van der Waals surface area contributed by atoms with E-state index >= 15 is 0 Å². The summed E-state index contributed by atoms with van der Waals surface area (Å²) in [4.78, 5) is 15.9. The van der Waals surface area contributed by atoms with Gasteiger partial charge in [0, 0.05) is 17.7 Å². The fourth-order valence-corrected chi connectivity index (χ4v) is 1.90. The summed E-state index contributed by atoms with van der Waals surface area (Å²) >= 11 is 0. The van der Waals surface area contributed by atoms with E-state index in [1.807, 2.05) is 27.7 Å². The van der Waals surface area contributed by atoms with Crippen LogP contribution in [0.2, 0.25) is 0 Å². The van der Waals surface area contributed by atoms with Gasteiger partial charge < -0.3 is 10.5 Å². The molecule has 0 aliphatic rings. The van der Waals surface area contributed by atoms with E-state index in [1.165, 1.54) is 0 Å². The molecule has 0 saturated carbocycles. The van der Waals surface area contributed by atoms with Crippen LogP contribution < -0.4 is 11.2 Å². The summed E-state index contributed by atoms with van der Waals surface area (Å²) in [6.45, 7) is 8.86. The molecule has 0 unspecified atom stereocenters. The lowest BCUT2D eigenvalue weighted by Crippen LogP contribution is -2.25. The van der Waals surface area contributed by atoms with E-state index in [2.05, 4.69) is 4.99 Å². The minimum atomic E-state index is -0.538. The van der Waals surface area contributed by atoms with Crippen molar-refractivity contribution in [3.63, 3.8) is 0 Å². The second-order valence-corrected chi connectivity index (χ2v) is 4.90. The summed E-state index contributed by atoms with van der Waals surface area (Å²) in [5, 5.41) is 0. The maximum atomic E-state index is 11.4. The van der Waals surface area contributed by atoms with Gasteiger partial charge in [0.15, 0.2) is 0 Å². The molecule has 0 aromatic heterocycles. The highest BCUT2D eigenvalue weighted by Gasteiger charge is 2.13. The molecule has 2 radical (unpaired) electrons. The molecular formula is C15H21BN2O2. The summed E-state index contributed by atoms with van der Waals surface area (Å²) in [5.74, 6) is -0.538. The number of amides is 1.